The summed E-state index contributed by atoms with van der Waals surface area (Å²) >= 11 is 0. The number of fused-ring (bicyclic) bond motifs is 2. The summed E-state index contributed by atoms with van der Waals surface area (Å²) in [7, 11) is 0. The first-order chi connectivity index (χ1) is 9.07. The predicted octanol–water partition coefficient (Wildman–Crippen LogP) is 2.49. The first kappa shape index (κ1) is 13.6. The lowest BCUT2D eigenvalue weighted by Gasteiger charge is -2.40. The molecular formula is C16H27NO2. The molecule has 108 valence electrons. The van der Waals surface area contributed by atoms with Crippen LogP contribution < -0.4 is 0 Å². The van der Waals surface area contributed by atoms with Crippen molar-refractivity contribution in [1.29, 1.82) is 0 Å². The molecule has 0 radical (unpaired) electrons. The lowest BCUT2D eigenvalue weighted by molar-refractivity contribution is -0.133. The van der Waals surface area contributed by atoms with Crippen LogP contribution in [-0.4, -0.2) is 42.5 Å². The lowest BCUT2D eigenvalue weighted by atomic mass is 9.81. The standard InChI is InChI=1S/C16H27NO2/c1-16(2,17-5-7-19-8-6-17)15(18)11-14-10-12-3-4-13(14)9-12/h12-14H,3-11H2,1-2H3. The number of ether oxygens (including phenoxy) is 1. The lowest BCUT2D eigenvalue weighted by Crippen LogP contribution is -2.54. The number of carbonyl (C=O) groups is 1. The summed E-state index contributed by atoms with van der Waals surface area (Å²) in [4.78, 5) is 15.0. The minimum Gasteiger partial charge on any atom is -0.379 e. The Morgan fingerprint density at radius 1 is 1.21 bits per heavy atom. The Balaban J connectivity index is 1.59. The van der Waals surface area contributed by atoms with Gasteiger partial charge in [0.2, 0.25) is 0 Å². The number of nitrogens with zero attached hydrogens (tertiary/aromatic N) is 1. The molecule has 0 aromatic rings. The van der Waals surface area contributed by atoms with Crippen molar-refractivity contribution >= 4 is 5.78 Å². The molecule has 3 nitrogen and oxygen atoms in total. The summed E-state index contributed by atoms with van der Waals surface area (Å²) in [5.74, 6) is 2.93. The topological polar surface area (TPSA) is 29.5 Å². The van der Waals surface area contributed by atoms with Crippen molar-refractivity contribution in [3.8, 4) is 0 Å². The van der Waals surface area contributed by atoms with Crippen LogP contribution in [-0.2, 0) is 9.53 Å². The maximum absolute atomic E-state index is 12.7. The van der Waals surface area contributed by atoms with Gasteiger partial charge in [0.05, 0.1) is 18.8 Å². The summed E-state index contributed by atoms with van der Waals surface area (Å²) in [5.41, 5.74) is -0.300. The molecule has 0 aromatic heterocycles. The monoisotopic (exact) mass is 265 g/mol. The van der Waals surface area contributed by atoms with Gasteiger partial charge >= 0.3 is 0 Å². The van der Waals surface area contributed by atoms with Crippen molar-refractivity contribution < 1.29 is 9.53 Å². The molecule has 3 atom stereocenters. The van der Waals surface area contributed by atoms with Gasteiger partial charge in [0.1, 0.15) is 0 Å². The summed E-state index contributed by atoms with van der Waals surface area (Å²) in [6, 6.07) is 0. The molecule has 0 amide bonds. The van der Waals surface area contributed by atoms with Crippen LogP contribution in [0.2, 0.25) is 0 Å². The van der Waals surface area contributed by atoms with E-state index in [1.165, 1.54) is 25.7 Å². The third-order valence-corrected chi connectivity index (χ3v) is 5.82. The van der Waals surface area contributed by atoms with E-state index < -0.39 is 0 Å². The van der Waals surface area contributed by atoms with Gasteiger partial charge in [0, 0.05) is 19.5 Å². The number of hydrogen-bond donors (Lipinski definition) is 0. The van der Waals surface area contributed by atoms with E-state index in [1.807, 2.05) is 0 Å². The van der Waals surface area contributed by atoms with E-state index in [0.717, 1.165) is 44.6 Å². The van der Waals surface area contributed by atoms with E-state index in [1.54, 1.807) is 0 Å². The molecule has 3 rings (SSSR count). The van der Waals surface area contributed by atoms with Crippen LogP contribution in [0.3, 0.4) is 0 Å². The number of carbonyl (C=O) groups excluding carboxylic acids is 1. The highest BCUT2D eigenvalue weighted by atomic mass is 16.5. The third kappa shape index (κ3) is 2.59. The van der Waals surface area contributed by atoms with Crippen LogP contribution in [0.1, 0.15) is 46.0 Å². The molecule has 1 saturated heterocycles. The highest BCUT2D eigenvalue weighted by Crippen LogP contribution is 2.50. The minimum atomic E-state index is -0.300. The van der Waals surface area contributed by atoms with Crippen molar-refractivity contribution in [3.05, 3.63) is 0 Å². The number of rotatable bonds is 4. The van der Waals surface area contributed by atoms with E-state index in [-0.39, 0.29) is 5.54 Å². The van der Waals surface area contributed by atoms with Crippen molar-refractivity contribution in [3.63, 3.8) is 0 Å². The largest absolute Gasteiger partial charge is 0.379 e. The zero-order valence-corrected chi connectivity index (χ0v) is 12.4. The summed E-state index contributed by atoms with van der Waals surface area (Å²) in [6.07, 6.45) is 6.32. The van der Waals surface area contributed by atoms with E-state index in [2.05, 4.69) is 18.7 Å². The SMILES string of the molecule is CC(C)(C(=O)CC1CC2CCC1C2)N1CCOCC1. The molecule has 0 spiro atoms. The first-order valence-corrected chi connectivity index (χ1v) is 7.93. The summed E-state index contributed by atoms with van der Waals surface area (Å²) < 4.78 is 5.40. The van der Waals surface area contributed by atoms with Gasteiger partial charge < -0.3 is 4.74 Å². The van der Waals surface area contributed by atoms with Gasteiger partial charge in [0.25, 0.3) is 0 Å². The molecular weight excluding hydrogens is 238 g/mol. The molecule has 1 aliphatic heterocycles. The molecule has 19 heavy (non-hydrogen) atoms. The molecule has 3 fully saturated rings. The van der Waals surface area contributed by atoms with E-state index >= 15 is 0 Å². The Morgan fingerprint density at radius 2 is 1.95 bits per heavy atom. The number of morpholine rings is 1. The van der Waals surface area contributed by atoms with Gasteiger partial charge in [-0.05, 0) is 50.9 Å². The predicted molar refractivity (Wildman–Crippen MR) is 75.0 cm³/mol. The summed E-state index contributed by atoms with van der Waals surface area (Å²) in [6.45, 7) is 7.54. The average Bonchev–Trinajstić information content (AvgIpc) is 3.02. The number of hydrogen-bond acceptors (Lipinski definition) is 3. The Kier molecular flexibility index (Phi) is 3.69. The van der Waals surface area contributed by atoms with Gasteiger partial charge in [0.15, 0.2) is 5.78 Å². The number of Topliss-reactive ketones (excluding diaryl/α,β-unsaturated/α-hetero) is 1. The van der Waals surface area contributed by atoms with Crippen molar-refractivity contribution in [2.45, 2.75) is 51.5 Å². The third-order valence-electron chi connectivity index (χ3n) is 5.82. The van der Waals surface area contributed by atoms with Crippen molar-refractivity contribution in [1.82, 2.24) is 4.90 Å². The normalized spacial score (nSPS) is 35.8. The van der Waals surface area contributed by atoms with Crippen LogP contribution in [0.25, 0.3) is 0 Å². The Labute approximate surface area is 116 Å². The molecule has 3 unspecified atom stereocenters. The second-order valence-electron chi connectivity index (χ2n) is 7.22. The van der Waals surface area contributed by atoms with Crippen LogP contribution in [0, 0.1) is 17.8 Å². The molecule has 1 heterocycles. The van der Waals surface area contributed by atoms with E-state index in [9.17, 15) is 4.79 Å². The van der Waals surface area contributed by atoms with Crippen molar-refractivity contribution in [2.75, 3.05) is 26.3 Å². The van der Waals surface area contributed by atoms with E-state index in [0.29, 0.717) is 11.7 Å². The fourth-order valence-corrected chi connectivity index (χ4v) is 4.41. The average molecular weight is 265 g/mol. The molecule has 3 aliphatic rings. The van der Waals surface area contributed by atoms with Gasteiger partial charge in [-0.25, -0.2) is 0 Å². The summed E-state index contributed by atoms with van der Waals surface area (Å²) in [5, 5.41) is 0. The molecule has 0 N–H and O–H groups in total. The van der Waals surface area contributed by atoms with Gasteiger partial charge in [-0.15, -0.1) is 0 Å². The molecule has 0 aromatic carbocycles. The van der Waals surface area contributed by atoms with Gasteiger partial charge in [-0.2, -0.15) is 0 Å². The van der Waals surface area contributed by atoms with Crippen LogP contribution in [0.15, 0.2) is 0 Å². The van der Waals surface area contributed by atoms with Crippen LogP contribution in [0.4, 0.5) is 0 Å². The van der Waals surface area contributed by atoms with Crippen LogP contribution >= 0.6 is 0 Å². The smallest absolute Gasteiger partial charge is 0.152 e. The van der Waals surface area contributed by atoms with E-state index in [4.69, 9.17) is 4.74 Å². The molecule has 3 heteroatoms. The first-order valence-electron chi connectivity index (χ1n) is 7.93. The maximum Gasteiger partial charge on any atom is 0.152 e. The maximum atomic E-state index is 12.7. The zero-order valence-electron chi connectivity index (χ0n) is 12.4. The Morgan fingerprint density at radius 3 is 2.53 bits per heavy atom. The van der Waals surface area contributed by atoms with Gasteiger partial charge in [-0.3, -0.25) is 9.69 Å². The van der Waals surface area contributed by atoms with Gasteiger partial charge in [-0.1, -0.05) is 6.42 Å². The highest BCUT2D eigenvalue weighted by molar-refractivity contribution is 5.87. The molecule has 2 bridgehead atoms. The fraction of sp³-hybridized carbons (Fsp3) is 0.938. The molecule has 2 saturated carbocycles. The second kappa shape index (κ2) is 5.17. The number of ketones is 1. The highest BCUT2D eigenvalue weighted by Gasteiger charge is 2.43. The zero-order chi connectivity index (χ0) is 13.5. The quantitative estimate of drug-likeness (QED) is 0.782. The molecule has 2 aliphatic carbocycles. The second-order valence-corrected chi connectivity index (χ2v) is 7.22. The van der Waals surface area contributed by atoms with Crippen molar-refractivity contribution in [2.24, 2.45) is 17.8 Å². The Bertz CT molecular complexity index is 347. The minimum absolute atomic E-state index is 0.300. The van der Waals surface area contributed by atoms with Crippen LogP contribution in [0.5, 0.6) is 0 Å². The fourth-order valence-electron chi connectivity index (χ4n) is 4.41. The Hall–Kier alpha value is -0.410.